The topological polar surface area (TPSA) is 137 Å². The van der Waals surface area contributed by atoms with Crippen LogP contribution in [0.4, 0.5) is 0 Å². The molecule has 128 valence electrons. The van der Waals surface area contributed by atoms with Gasteiger partial charge in [0.15, 0.2) is 12.4 Å². The highest BCUT2D eigenvalue weighted by atomic mass is 16.7. The Bertz CT molecular complexity index is 507. The highest BCUT2D eigenvalue weighted by Crippen LogP contribution is 2.25. The van der Waals surface area contributed by atoms with E-state index in [1.165, 1.54) is 0 Å². The zero-order chi connectivity index (χ0) is 17.0. The minimum absolute atomic E-state index is 0.509. The molecule has 0 spiro atoms. The van der Waals surface area contributed by atoms with Crippen LogP contribution in [-0.4, -0.2) is 75.4 Å². The average Bonchev–Trinajstić information content (AvgIpc) is 2.56. The molecule has 0 aliphatic carbocycles. The Balaban J connectivity index is 2.09. The zero-order valence-electron chi connectivity index (χ0n) is 12.2. The molecule has 1 heterocycles. The fourth-order valence-corrected chi connectivity index (χ4v) is 2.42. The van der Waals surface area contributed by atoms with E-state index >= 15 is 0 Å². The Kier molecular flexibility index (Phi) is 6.05. The predicted molar refractivity (Wildman–Crippen MR) is 76.1 cm³/mol. The molecule has 1 saturated heterocycles. The summed E-state index contributed by atoms with van der Waals surface area (Å²) in [5, 5.41) is 47.9. The first-order valence-corrected chi connectivity index (χ1v) is 7.16. The van der Waals surface area contributed by atoms with Crippen molar-refractivity contribution < 1.29 is 39.8 Å². The Hall–Kier alpha value is -1.55. The summed E-state index contributed by atoms with van der Waals surface area (Å²) in [5.74, 6) is -1.87. The number of benzene rings is 1. The van der Waals surface area contributed by atoms with Crippen LogP contribution in [0.15, 0.2) is 30.3 Å². The number of hydrogen-bond donors (Lipinski definition) is 5. The standard InChI is InChI=1S/C15H20O8/c16-6-9(8-4-2-1-3-5-8)14(20)23-13-12(19)11(18)10(7-17)22-15(13)21/h1-5,9-13,15-19,21H,6-7H2. The smallest absolute Gasteiger partial charge is 0.316 e. The lowest BCUT2D eigenvalue weighted by atomic mass is 9.98. The fourth-order valence-electron chi connectivity index (χ4n) is 2.42. The van der Waals surface area contributed by atoms with Gasteiger partial charge in [-0.25, -0.2) is 0 Å². The normalized spacial score (nSPS) is 32.3. The first-order chi connectivity index (χ1) is 11.0. The van der Waals surface area contributed by atoms with Crippen LogP contribution in [0.3, 0.4) is 0 Å². The molecule has 0 amide bonds. The van der Waals surface area contributed by atoms with Crippen LogP contribution < -0.4 is 0 Å². The van der Waals surface area contributed by atoms with Crippen molar-refractivity contribution in [3.05, 3.63) is 35.9 Å². The van der Waals surface area contributed by atoms with E-state index in [2.05, 4.69) is 0 Å². The Labute approximate surface area is 132 Å². The molecule has 0 saturated carbocycles. The number of hydrogen-bond acceptors (Lipinski definition) is 8. The third-order valence-electron chi connectivity index (χ3n) is 3.76. The largest absolute Gasteiger partial charge is 0.454 e. The van der Waals surface area contributed by atoms with Crippen molar-refractivity contribution in [1.29, 1.82) is 0 Å². The van der Waals surface area contributed by atoms with Crippen LogP contribution in [0.25, 0.3) is 0 Å². The molecule has 8 heteroatoms. The first-order valence-electron chi connectivity index (χ1n) is 7.16. The second kappa shape index (κ2) is 7.82. The summed E-state index contributed by atoms with van der Waals surface area (Å²) in [7, 11) is 0. The van der Waals surface area contributed by atoms with Gasteiger partial charge in [-0.3, -0.25) is 4.79 Å². The Morgan fingerprint density at radius 3 is 2.35 bits per heavy atom. The second-order valence-electron chi connectivity index (χ2n) is 5.28. The SMILES string of the molecule is O=C(OC1C(O)OC(CO)C(O)C1O)C(CO)c1ccccc1. The van der Waals surface area contributed by atoms with E-state index in [0.29, 0.717) is 5.56 Å². The molecule has 1 aliphatic rings. The molecule has 5 N–H and O–H groups in total. The van der Waals surface area contributed by atoms with Gasteiger partial charge < -0.3 is 35.0 Å². The van der Waals surface area contributed by atoms with Gasteiger partial charge in [-0.15, -0.1) is 0 Å². The van der Waals surface area contributed by atoms with E-state index in [1.807, 2.05) is 0 Å². The average molecular weight is 328 g/mol. The number of carbonyl (C=O) groups is 1. The molecular formula is C15H20O8. The van der Waals surface area contributed by atoms with Crippen molar-refractivity contribution in [2.24, 2.45) is 0 Å². The van der Waals surface area contributed by atoms with Gasteiger partial charge in [-0.05, 0) is 5.56 Å². The van der Waals surface area contributed by atoms with Gasteiger partial charge in [-0.1, -0.05) is 30.3 Å². The summed E-state index contributed by atoms with van der Waals surface area (Å²) in [4.78, 5) is 12.2. The number of esters is 1. The van der Waals surface area contributed by atoms with Crippen LogP contribution >= 0.6 is 0 Å². The maximum atomic E-state index is 12.2. The molecule has 8 nitrogen and oxygen atoms in total. The Morgan fingerprint density at radius 2 is 1.78 bits per heavy atom. The van der Waals surface area contributed by atoms with Gasteiger partial charge in [0.2, 0.25) is 0 Å². The summed E-state index contributed by atoms with van der Waals surface area (Å²) >= 11 is 0. The fraction of sp³-hybridized carbons (Fsp3) is 0.533. The lowest BCUT2D eigenvalue weighted by molar-refractivity contribution is -0.291. The van der Waals surface area contributed by atoms with E-state index in [1.54, 1.807) is 30.3 Å². The van der Waals surface area contributed by atoms with Gasteiger partial charge in [-0.2, -0.15) is 0 Å². The van der Waals surface area contributed by atoms with Gasteiger partial charge in [0.05, 0.1) is 13.2 Å². The van der Waals surface area contributed by atoms with Gasteiger partial charge in [0.1, 0.15) is 24.2 Å². The van der Waals surface area contributed by atoms with Gasteiger partial charge in [0.25, 0.3) is 0 Å². The molecule has 1 aromatic rings. The molecule has 1 aliphatic heterocycles. The maximum absolute atomic E-state index is 12.2. The Morgan fingerprint density at radius 1 is 1.13 bits per heavy atom. The van der Waals surface area contributed by atoms with Crippen molar-refractivity contribution in [2.45, 2.75) is 36.6 Å². The van der Waals surface area contributed by atoms with Gasteiger partial charge >= 0.3 is 5.97 Å². The number of ether oxygens (including phenoxy) is 2. The summed E-state index contributed by atoms with van der Waals surface area (Å²) in [6, 6.07) is 8.38. The van der Waals surface area contributed by atoms with Crippen molar-refractivity contribution >= 4 is 5.97 Å². The maximum Gasteiger partial charge on any atom is 0.316 e. The molecule has 0 radical (unpaired) electrons. The number of rotatable bonds is 5. The summed E-state index contributed by atoms with van der Waals surface area (Å²) in [5.41, 5.74) is 0.509. The molecule has 2 rings (SSSR count). The molecule has 0 aromatic heterocycles. The lowest BCUT2D eigenvalue weighted by Crippen LogP contribution is -2.60. The molecule has 23 heavy (non-hydrogen) atoms. The van der Waals surface area contributed by atoms with Crippen LogP contribution in [0.1, 0.15) is 11.5 Å². The van der Waals surface area contributed by atoms with Crippen molar-refractivity contribution in [3.8, 4) is 0 Å². The molecular weight excluding hydrogens is 308 g/mol. The van der Waals surface area contributed by atoms with E-state index in [-0.39, 0.29) is 0 Å². The summed E-state index contributed by atoms with van der Waals surface area (Å²) < 4.78 is 9.93. The second-order valence-corrected chi connectivity index (χ2v) is 5.28. The minimum atomic E-state index is -1.70. The van der Waals surface area contributed by atoms with Crippen molar-refractivity contribution in [3.63, 3.8) is 0 Å². The highest BCUT2D eigenvalue weighted by molar-refractivity contribution is 5.78. The molecule has 6 atom stereocenters. The predicted octanol–water partition coefficient (Wildman–Crippen LogP) is -1.89. The van der Waals surface area contributed by atoms with E-state index in [4.69, 9.17) is 14.6 Å². The van der Waals surface area contributed by atoms with Crippen LogP contribution in [0, 0.1) is 0 Å². The van der Waals surface area contributed by atoms with E-state index in [0.717, 1.165) is 0 Å². The molecule has 6 unspecified atom stereocenters. The zero-order valence-corrected chi connectivity index (χ0v) is 12.2. The number of aliphatic hydroxyl groups excluding tert-OH is 5. The van der Waals surface area contributed by atoms with E-state index < -0.39 is 55.8 Å². The summed E-state index contributed by atoms with van der Waals surface area (Å²) in [6.07, 6.45) is -7.57. The molecule has 0 bridgehead atoms. The van der Waals surface area contributed by atoms with Crippen LogP contribution in [0.2, 0.25) is 0 Å². The van der Waals surface area contributed by atoms with Gasteiger partial charge in [0, 0.05) is 0 Å². The highest BCUT2D eigenvalue weighted by Gasteiger charge is 2.46. The first kappa shape index (κ1) is 17.8. The molecule has 1 aromatic carbocycles. The minimum Gasteiger partial charge on any atom is -0.454 e. The third-order valence-corrected chi connectivity index (χ3v) is 3.76. The van der Waals surface area contributed by atoms with Crippen molar-refractivity contribution in [1.82, 2.24) is 0 Å². The van der Waals surface area contributed by atoms with Crippen molar-refractivity contribution in [2.75, 3.05) is 13.2 Å². The van der Waals surface area contributed by atoms with E-state index in [9.17, 15) is 25.2 Å². The quantitative estimate of drug-likeness (QED) is 0.396. The summed E-state index contributed by atoms with van der Waals surface area (Å²) in [6.45, 7) is -1.14. The monoisotopic (exact) mass is 328 g/mol. The number of carbonyl (C=O) groups excluding carboxylic acids is 1. The molecule has 1 fully saturated rings. The van der Waals surface area contributed by atoms with Crippen LogP contribution in [0.5, 0.6) is 0 Å². The lowest BCUT2D eigenvalue weighted by Gasteiger charge is -2.39. The number of aliphatic hydroxyl groups is 5. The van der Waals surface area contributed by atoms with Crippen LogP contribution in [-0.2, 0) is 14.3 Å². The third kappa shape index (κ3) is 3.86.